The molecule has 1 saturated heterocycles. The number of halogens is 1. The van der Waals surface area contributed by atoms with E-state index in [0.29, 0.717) is 52.8 Å². The number of carbonyl (C=O) groups is 2. The maximum atomic E-state index is 12.9. The monoisotopic (exact) mass is 441 g/mol. The van der Waals surface area contributed by atoms with Crippen molar-refractivity contribution in [2.75, 3.05) is 27.9 Å². The van der Waals surface area contributed by atoms with Crippen LogP contribution < -0.4 is 14.2 Å². The molecule has 0 aromatic heterocycles. The van der Waals surface area contributed by atoms with E-state index in [0.717, 1.165) is 5.56 Å². The number of carbonyl (C=O) groups excluding carboxylic acids is 2. The number of piperidine rings is 1. The Hall–Kier alpha value is -3.25. The second kappa shape index (κ2) is 10.2. The molecule has 6 nitrogen and oxygen atoms in total. The molecular formula is C24H24ClNO5. The lowest BCUT2D eigenvalue weighted by Gasteiger charge is -2.25. The molecule has 1 aliphatic heterocycles. The number of likely N-dealkylation sites (tertiary alicyclic amines) is 1. The Labute approximate surface area is 186 Å². The summed E-state index contributed by atoms with van der Waals surface area (Å²) < 4.78 is 16.0. The Bertz CT molecular complexity index is 1020. The topological polar surface area (TPSA) is 65.1 Å². The van der Waals surface area contributed by atoms with E-state index in [-0.39, 0.29) is 11.8 Å². The van der Waals surface area contributed by atoms with Crippen molar-refractivity contribution in [3.8, 4) is 17.2 Å². The van der Waals surface area contributed by atoms with Gasteiger partial charge in [-0.1, -0.05) is 23.7 Å². The second-order valence-electron chi connectivity index (χ2n) is 6.92. The molecule has 31 heavy (non-hydrogen) atoms. The highest BCUT2D eigenvalue weighted by molar-refractivity contribution is 6.30. The van der Waals surface area contributed by atoms with Gasteiger partial charge in [-0.3, -0.25) is 14.5 Å². The number of methoxy groups -OCH3 is 3. The lowest BCUT2D eigenvalue weighted by atomic mass is 10.0. The van der Waals surface area contributed by atoms with Crippen LogP contribution in [0.2, 0.25) is 5.02 Å². The van der Waals surface area contributed by atoms with Gasteiger partial charge in [-0.25, -0.2) is 0 Å². The lowest BCUT2D eigenvalue weighted by Crippen LogP contribution is -2.40. The molecule has 0 saturated carbocycles. The van der Waals surface area contributed by atoms with Crippen LogP contribution in [0.5, 0.6) is 17.2 Å². The molecule has 1 aliphatic rings. The summed E-state index contributed by atoms with van der Waals surface area (Å²) in [5.41, 5.74) is 2.10. The number of imide groups is 1. The smallest absolute Gasteiger partial charge is 0.256 e. The van der Waals surface area contributed by atoms with Gasteiger partial charge in [0.2, 0.25) is 5.75 Å². The van der Waals surface area contributed by atoms with Crippen molar-refractivity contribution in [2.45, 2.75) is 12.8 Å². The van der Waals surface area contributed by atoms with Crippen LogP contribution in [0.1, 0.15) is 24.0 Å². The van der Waals surface area contributed by atoms with Gasteiger partial charge in [-0.05, 0) is 60.4 Å². The van der Waals surface area contributed by atoms with Crippen LogP contribution in [0, 0.1) is 0 Å². The van der Waals surface area contributed by atoms with Gasteiger partial charge in [0, 0.05) is 23.2 Å². The van der Waals surface area contributed by atoms with E-state index < -0.39 is 0 Å². The van der Waals surface area contributed by atoms with E-state index in [1.165, 1.54) is 32.3 Å². The third-order valence-corrected chi connectivity index (χ3v) is 5.14. The Morgan fingerprint density at radius 1 is 1.03 bits per heavy atom. The Morgan fingerprint density at radius 2 is 1.74 bits per heavy atom. The van der Waals surface area contributed by atoms with Gasteiger partial charge < -0.3 is 14.2 Å². The summed E-state index contributed by atoms with van der Waals surface area (Å²) in [5, 5.41) is 0.596. The number of ether oxygens (including phenoxy) is 3. The van der Waals surface area contributed by atoms with Crippen LogP contribution in [-0.4, -0.2) is 44.6 Å². The standard InChI is InChI=1S/C24H24ClNO5/c1-29-20-14-17(15-21(30-2)23(20)31-3)9-10-22(27)26-11-5-7-18(24(26)28)12-16-6-4-8-19(25)13-16/h4,6,8-10,12-15H,5,7,11H2,1-3H3/b10-9+,18-12+. The van der Waals surface area contributed by atoms with E-state index in [1.807, 2.05) is 12.1 Å². The summed E-state index contributed by atoms with van der Waals surface area (Å²) in [7, 11) is 4.57. The first kappa shape index (κ1) is 22.4. The summed E-state index contributed by atoms with van der Waals surface area (Å²) >= 11 is 6.03. The van der Waals surface area contributed by atoms with Gasteiger partial charge >= 0.3 is 0 Å². The molecule has 1 heterocycles. The van der Waals surface area contributed by atoms with E-state index >= 15 is 0 Å². The molecule has 0 atom stereocenters. The third-order valence-electron chi connectivity index (χ3n) is 4.91. The van der Waals surface area contributed by atoms with Crippen LogP contribution in [0.3, 0.4) is 0 Å². The fourth-order valence-corrected chi connectivity index (χ4v) is 3.60. The molecule has 0 bridgehead atoms. The summed E-state index contributed by atoms with van der Waals surface area (Å²) in [6.45, 7) is 0.379. The predicted molar refractivity (Wildman–Crippen MR) is 121 cm³/mol. The van der Waals surface area contributed by atoms with Crippen LogP contribution in [0.25, 0.3) is 12.2 Å². The van der Waals surface area contributed by atoms with Crippen LogP contribution in [0.15, 0.2) is 48.0 Å². The first-order chi connectivity index (χ1) is 15.0. The average molecular weight is 442 g/mol. The summed E-state index contributed by atoms with van der Waals surface area (Å²) in [5.74, 6) is 0.765. The minimum Gasteiger partial charge on any atom is -0.493 e. The third kappa shape index (κ3) is 5.27. The lowest BCUT2D eigenvalue weighted by molar-refractivity contribution is -0.140. The van der Waals surface area contributed by atoms with Crippen LogP contribution in [-0.2, 0) is 9.59 Å². The Balaban J connectivity index is 1.80. The largest absolute Gasteiger partial charge is 0.493 e. The van der Waals surface area contributed by atoms with Crippen molar-refractivity contribution in [3.63, 3.8) is 0 Å². The van der Waals surface area contributed by atoms with Gasteiger partial charge in [0.15, 0.2) is 11.5 Å². The quantitative estimate of drug-likeness (QED) is 0.612. The minimum atomic E-state index is -0.379. The van der Waals surface area contributed by atoms with Gasteiger partial charge in [0.1, 0.15) is 0 Å². The summed E-state index contributed by atoms with van der Waals surface area (Å²) in [6, 6.07) is 10.7. The zero-order valence-electron chi connectivity index (χ0n) is 17.7. The molecular weight excluding hydrogens is 418 g/mol. The molecule has 0 spiro atoms. The van der Waals surface area contributed by atoms with E-state index in [1.54, 1.807) is 36.4 Å². The summed E-state index contributed by atoms with van der Waals surface area (Å²) in [6.07, 6.45) is 6.11. The van der Waals surface area contributed by atoms with Gasteiger partial charge in [-0.15, -0.1) is 0 Å². The highest BCUT2D eigenvalue weighted by atomic mass is 35.5. The summed E-state index contributed by atoms with van der Waals surface area (Å²) in [4.78, 5) is 26.9. The highest BCUT2D eigenvalue weighted by Crippen LogP contribution is 2.38. The number of hydrogen-bond donors (Lipinski definition) is 0. The van der Waals surface area contributed by atoms with Crippen molar-refractivity contribution in [1.29, 1.82) is 0 Å². The Morgan fingerprint density at radius 3 is 2.35 bits per heavy atom. The van der Waals surface area contributed by atoms with Crippen molar-refractivity contribution < 1.29 is 23.8 Å². The van der Waals surface area contributed by atoms with Crippen molar-refractivity contribution in [2.24, 2.45) is 0 Å². The van der Waals surface area contributed by atoms with Gasteiger partial charge in [0.05, 0.1) is 21.3 Å². The van der Waals surface area contributed by atoms with Crippen LogP contribution in [0.4, 0.5) is 0 Å². The number of nitrogens with zero attached hydrogens (tertiary/aromatic N) is 1. The molecule has 2 aromatic rings. The van der Waals surface area contributed by atoms with E-state index in [9.17, 15) is 9.59 Å². The zero-order chi connectivity index (χ0) is 22.4. The predicted octanol–water partition coefficient (Wildman–Crippen LogP) is 4.61. The Kier molecular flexibility index (Phi) is 7.36. The fourth-order valence-electron chi connectivity index (χ4n) is 3.41. The van der Waals surface area contributed by atoms with Gasteiger partial charge in [0.25, 0.3) is 11.8 Å². The first-order valence-corrected chi connectivity index (χ1v) is 10.1. The maximum absolute atomic E-state index is 12.9. The normalized spacial score (nSPS) is 15.4. The average Bonchev–Trinajstić information content (AvgIpc) is 2.78. The molecule has 0 aliphatic carbocycles. The van der Waals surface area contributed by atoms with Gasteiger partial charge in [-0.2, -0.15) is 0 Å². The number of hydrogen-bond acceptors (Lipinski definition) is 5. The molecule has 1 fully saturated rings. The molecule has 2 aromatic carbocycles. The molecule has 3 rings (SSSR count). The molecule has 0 N–H and O–H groups in total. The van der Waals surface area contributed by atoms with Crippen molar-refractivity contribution in [3.05, 3.63) is 64.2 Å². The van der Waals surface area contributed by atoms with Crippen molar-refractivity contribution in [1.82, 2.24) is 4.90 Å². The van der Waals surface area contributed by atoms with Crippen LogP contribution >= 0.6 is 11.6 Å². The maximum Gasteiger partial charge on any atom is 0.256 e. The number of rotatable bonds is 6. The fraction of sp³-hybridized carbons (Fsp3) is 0.250. The zero-order valence-corrected chi connectivity index (χ0v) is 18.4. The first-order valence-electron chi connectivity index (χ1n) is 9.77. The molecule has 2 amide bonds. The number of amides is 2. The van der Waals surface area contributed by atoms with Crippen molar-refractivity contribution >= 4 is 35.6 Å². The SMILES string of the molecule is COc1cc(/C=C/C(=O)N2CCC/C(=C\c3cccc(Cl)c3)C2=O)cc(OC)c1OC. The van der Waals surface area contributed by atoms with E-state index in [4.69, 9.17) is 25.8 Å². The second-order valence-corrected chi connectivity index (χ2v) is 7.35. The molecule has 0 unspecified atom stereocenters. The molecule has 7 heteroatoms. The molecule has 0 radical (unpaired) electrons. The minimum absolute atomic E-state index is 0.286. The number of benzene rings is 2. The highest BCUT2D eigenvalue weighted by Gasteiger charge is 2.27. The van der Waals surface area contributed by atoms with E-state index in [2.05, 4.69) is 0 Å². The molecule has 162 valence electrons.